The number of phenolic OH excluding ortho intramolecular Hbond substituents is 2. The monoisotopic (exact) mass is 182 g/mol. The van der Waals surface area contributed by atoms with Crippen LogP contribution in [0.1, 0.15) is 15.9 Å². The van der Waals surface area contributed by atoms with Crippen molar-refractivity contribution in [2.75, 3.05) is 6.61 Å². The minimum absolute atomic E-state index is 0.0257. The summed E-state index contributed by atoms with van der Waals surface area (Å²) >= 11 is 0. The van der Waals surface area contributed by atoms with Gasteiger partial charge in [0.15, 0.2) is 5.78 Å². The first kappa shape index (κ1) is 9.54. The van der Waals surface area contributed by atoms with E-state index in [1.54, 1.807) is 6.92 Å². The predicted octanol–water partition coefficient (Wildman–Crippen LogP) is 0.581. The van der Waals surface area contributed by atoms with Crippen molar-refractivity contribution in [2.45, 2.75) is 6.92 Å². The number of hydrogen-bond acceptors (Lipinski definition) is 4. The van der Waals surface area contributed by atoms with E-state index in [1.165, 1.54) is 6.07 Å². The molecule has 4 heteroatoms. The number of aromatic hydroxyl groups is 2. The first-order chi connectivity index (χ1) is 6.06. The highest BCUT2D eigenvalue weighted by molar-refractivity contribution is 5.99. The number of benzene rings is 1. The average Bonchev–Trinajstić information content (AvgIpc) is 2.10. The molecule has 0 aliphatic heterocycles. The van der Waals surface area contributed by atoms with Crippen LogP contribution in [0.5, 0.6) is 11.5 Å². The Hall–Kier alpha value is -1.55. The van der Waals surface area contributed by atoms with Crippen LogP contribution in [-0.4, -0.2) is 27.7 Å². The summed E-state index contributed by atoms with van der Waals surface area (Å²) in [5, 5.41) is 26.9. The fourth-order valence-electron chi connectivity index (χ4n) is 0.994. The lowest BCUT2D eigenvalue weighted by Crippen LogP contribution is -2.04. The molecule has 0 aliphatic carbocycles. The van der Waals surface area contributed by atoms with Gasteiger partial charge in [0, 0.05) is 6.07 Å². The third-order valence-corrected chi connectivity index (χ3v) is 1.76. The topological polar surface area (TPSA) is 77.8 Å². The molecular weight excluding hydrogens is 172 g/mol. The van der Waals surface area contributed by atoms with Gasteiger partial charge in [0.1, 0.15) is 18.1 Å². The molecule has 4 nitrogen and oxygen atoms in total. The highest BCUT2D eigenvalue weighted by Crippen LogP contribution is 2.26. The summed E-state index contributed by atoms with van der Waals surface area (Å²) in [6, 6.07) is 2.42. The van der Waals surface area contributed by atoms with Crippen LogP contribution in [0.25, 0.3) is 0 Å². The predicted molar refractivity (Wildman–Crippen MR) is 45.9 cm³/mol. The van der Waals surface area contributed by atoms with E-state index in [2.05, 4.69) is 0 Å². The number of carbonyl (C=O) groups is 1. The number of ketones is 1. The molecule has 0 radical (unpaired) electrons. The summed E-state index contributed by atoms with van der Waals surface area (Å²) in [7, 11) is 0. The summed E-state index contributed by atoms with van der Waals surface area (Å²) in [6.07, 6.45) is 0. The second-order valence-corrected chi connectivity index (χ2v) is 2.74. The molecule has 70 valence electrons. The maximum absolute atomic E-state index is 11.0. The van der Waals surface area contributed by atoms with E-state index in [4.69, 9.17) is 10.2 Å². The Kier molecular flexibility index (Phi) is 2.53. The van der Waals surface area contributed by atoms with E-state index < -0.39 is 12.4 Å². The van der Waals surface area contributed by atoms with E-state index in [-0.39, 0.29) is 17.1 Å². The molecule has 0 amide bonds. The molecule has 0 aromatic heterocycles. The second-order valence-electron chi connectivity index (χ2n) is 2.74. The molecule has 0 saturated carbocycles. The molecule has 0 bridgehead atoms. The van der Waals surface area contributed by atoms with Gasteiger partial charge in [-0.2, -0.15) is 0 Å². The van der Waals surface area contributed by atoms with E-state index >= 15 is 0 Å². The summed E-state index contributed by atoms with van der Waals surface area (Å²) in [4.78, 5) is 11.0. The van der Waals surface area contributed by atoms with Crippen LogP contribution in [0.3, 0.4) is 0 Å². The summed E-state index contributed by atoms with van der Waals surface area (Å²) in [6.45, 7) is 0.945. The Morgan fingerprint density at radius 2 is 1.92 bits per heavy atom. The Balaban J connectivity index is 3.23. The molecule has 1 rings (SSSR count). The zero-order chi connectivity index (χ0) is 10.0. The molecule has 0 heterocycles. The molecule has 0 atom stereocenters. The third kappa shape index (κ3) is 1.78. The van der Waals surface area contributed by atoms with Gasteiger partial charge in [-0.05, 0) is 18.6 Å². The normalized spacial score (nSPS) is 10.0. The van der Waals surface area contributed by atoms with Crippen LogP contribution in [0.2, 0.25) is 0 Å². The number of rotatable bonds is 2. The minimum atomic E-state index is -0.655. The van der Waals surface area contributed by atoms with Crippen LogP contribution in [0, 0.1) is 6.92 Å². The largest absolute Gasteiger partial charge is 0.508 e. The molecule has 0 unspecified atom stereocenters. The quantitative estimate of drug-likeness (QED) is 0.584. The lowest BCUT2D eigenvalue weighted by atomic mass is 10.1. The standard InChI is InChI=1S/C9H10O4/c1-5-2-6(9(13)4-10)8(12)3-7(5)11/h2-3,10-12H,4H2,1H3. The van der Waals surface area contributed by atoms with Gasteiger partial charge in [0.2, 0.25) is 0 Å². The van der Waals surface area contributed by atoms with Crippen molar-refractivity contribution in [1.29, 1.82) is 0 Å². The first-order valence-electron chi connectivity index (χ1n) is 3.73. The maximum Gasteiger partial charge on any atom is 0.191 e. The molecule has 0 saturated heterocycles. The van der Waals surface area contributed by atoms with Crippen molar-refractivity contribution < 1.29 is 20.1 Å². The zero-order valence-electron chi connectivity index (χ0n) is 7.11. The van der Waals surface area contributed by atoms with Gasteiger partial charge in [0.05, 0.1) is 5.56 Å². The van der Waals surface area contributed by atoms with Gasteiger partial charge in [-0.1, -0.05) is 0 Å². The molecule has 0 fully saturated rings. The Labute approximate surface area is 75.1 Å². The van der Waals surface area contributed by atoms with E-state index in [1.807, 2.05) is 0 Å². The van der Waals surface area contributed by atoms with Crippen LogP contribution in [0.15, 0.2) is 12.1 Å². The van der Waals surface area contributed by atoms with E-state index in [0.29, 0.717) is 5.56 Å². The third-order valence-electron chi connectivity index (χ3n) is 1.76. The molecule has 3 N–H and O–H groups in total. The lowest BCUT2D eigenvalue weighted by Gasteiger charge is -2.04. The number of aliphatic hydroxyl groups excluding tert-OH is 1. The SMILES string of the molecule is Cc1cc(C(=O)CO)c(O)cc1O. The fourth-order valence-corrected chi connectivity index (χ4v) is 0.994. The van der Waals surface area contributed by atoms with Crippen LogP contribution in [0.4, 0.5) is 0 Å². The number of aryl methyl sites for hydroxylation is 1. The van der Waals surface area contributed by atoms with E-state index in [9.17, 15) is 9.90 Å². The lowest BCUT2D eigenvalue weighted by molar-refractivity contribution is 0.0901. The molecule has 13 heavy (non-hydrogen) atoms. The smallest absolute Gasteiger partial charge is 0.191 e. The highest BCUT2D eigenvalue weighted by Gasteiger charge is 2.12. The molecule has 0 aliphatic rings. The van der Waals surface area contributed by atoms with Gasteiger partial charge in [-0.25, -0.2) is 0 Å². The molecule has 1 aromatic carbocycles. The van der Waals surface area contributed by atoms with Crippen molar-refractivity contribution in [3.63, 3.8) is 0 Å². The molecule has 1 aromatic rings. The van der Waals surface area contributed by atoms with Crippen molar-refractivity contribution in [1.82, 2.24) is 0 Å². The Morgan fingerprint density at radius 3 is 2.46 bits per heavy atom. The van der Waals surface area contributed by atoms with Crippen molar-refractivity contribution in [2.24, 2.45) is 0 Å². The van der Waals surface area contributed by atoms with Crippen LogP contribution >= 0.6 is 0 Å². The zero-order valence-corrected chi connectivity index (χ0v) is 7.11. The summed E-state index contributed by atoms with van der Waals surface area (Å²) in [5.41, 5.74) is 0.507. The summed E-state index contributed by atoms with van der Waals surface area (Å²) in [5.74, 6) is -0.963. The Morgan fingerprint density at radius 1 is 1.31 bits per heavy atom. The number of hydrogen-bond donors (Lipinski definition) is 3. The summed E-state index contributed by atoms with van der Waals surface area (Å²) < 4.78 is 0. The van der Waals surface area contributed by atoms with Gasteiger partial charge >= 0.3 is 0 Å². The maximum atomic E-state index is 11.0. The number of phenols is 2. The Bertz CT molecular complexity index is 344. The number of aliphatic hydroxyl groups is 1. The van der Waals surface area contributed by atoms with Crippen molar-refractivity contribution >= 4 is 5.78 Å². The average molecular weight is 182 g/mol. The minimum Gasteiger partial charge on any atom is -0.508 e. The van der Waals surface area contributed by atoms with E-state index in [0.717, 1.165) is 6.07 Å². The highest BCUT2D eigenvalue weighted by atomic mass is 16.3. The van der Waals surface area contributed by atoms with Gasteiger partial charge in [-0.3, -0.25) is 4.79 Å². The fraction of sp³-hybridized carbons (Fsp3) is 0.222. The van der Waals surface area contributed by atoms with Crippen LogP contribution in [-0.2, 0) is 0 Å². The van der Waals surface area contributed by atoms with Gasteiger partial charge < -0.3 is 15.3 Å². The molecule has 0 spiro atoms. The number of Topliss-reactive ketones (excluding diaryl/α,β-unsaturated/α-hetero) is 1. The van der Waals surface area contributed by atoms with Crippen molar-refractivity contribution in [3.8, 4) is 11.5 Å². The second kappa shape index (κ2) is 3.45. The molecular formula is C9H10O4. The van der Waals surface area contributed by atoms with Crippen LogP contribution < -0.4 is 0 Å². The van der Waals surface area contributed by atoms with Gasteiger partial charge in [0.25, 0.3) is 0 Å². The van der Waals surface area contributed by atoms with Crippen molar-refractivity contribution in [3.05, 3.63) is 23.3 Å². The van der Waals surface area contributed by atoms with Gasteiger partial charge in [-0.15, -0.1) is 0 Å². The number of carbonyl (C=O) groups excluding carboxylic acids is 1. The first-order valence-corrected chi connectivity index (χ1v) is 3.73.